The number of nitro benzene ring substituents is 1. The third kappa shape index (κ3) is 9.06. The summed E-state index contributed by atoms with van der Waals surface area (Å²) in [6.07, 6.45) is 1.46. The van der Waals surface area contributed by atoms with Crippen LogP contribution >= 0.6 is 27.7 Å². The molecule has 5 rings (SSSR count). The fourth-order valence-electron chi connectivity index (χ4n) is 4.31. The van der Waals surface area contributed by atoms with Crippen LogP contribution in [0.25, 0.3) is 17.4 Å². The van der Waals surface area contributed by atoms with E-state index in [0.717, 1.165) is 14.9 Å². The van der Waals surface area contributed by atoms with Gasteiger partial charge in [-0.05, 0) is 73.2 Å². The second kappa shape index (κ2) is 15.2. The van der Waals surface area contributed by atoms with Crippen molar-refractivity contribution < 1.29 is 23.7 Å². The summed E-state index contributed by atoms with van der Waals surface area (Å²) in [5, 5.41) is 19.3. The van der Waals surface area contributed by atoms with Gasteiger partial charge in [0, 0.05) is 44.4 Å². The van der Waals surface area contributed by atoms with E-state index in [-0.39, 0.29) is 23.0 Å². The predicted octanol–water partition coefficient (Wildman–Crippen LogP) is 8.07. The first-order valence-corrected chi connectivity index (χ1v) is 16.0. The zero-order chi connectivity index (χ0) is 33.3. The Labute approximate surface area is 282 Å². The highest BCUT2D eigenvalue weighted by Crippen LogP contribution is 2.26. The van der Waals surface area contributed by atoms with E-state index < -0.39 is 16.7 Å². The zero-order valence-electron chi connectivity index (χ0n) is 24.9. The molecule has 236 valence electrons. The van der Waals surface area contributed by atoms with Crippen LogP contribution in [0.4, 0.5) is 17.1 Å². The number of non-ortho nitro benzene ring substituents is 1. The largest absolute Gasteiger partial charge is 0.457 e. The standard InChI is InChI=1S/C35H27BrN4O6S/c1-22-7-14-27(40(44)45)19-30(22)38-33(41)21-47-29-16-12-26(13-17-29)37-35(43)31(39-34(42)24-5-3-2-4-6-24)20-28-15-18-32(46-28)23-8-10-25(36)11-9-23/h2-20H,21H2,1H3,(H,37,43)(H,38,41)(H,39,42)/b31-20-. The van der Waals surface area contributed by atoms with Gasteiger partial charge in [0.15, 0.2) is 0 Å². The normalized spacial score (nSPS) is 11.1. The summed E-state index contributed by atoms with van der Waals surface area (Å²) < 4.78 is 6.89. The number of benzene rings is 4. The third-order valence-electron chi connectivity index (χ3n) is 6.76. The minimum atomic E-state index is -0.567. The van der Waals surface area contributed by atoms with Gasteiger partial charge in [-0.1, -0.05) is 52.3 Å². The molecule has 3 N–H and O–H groups in total. The van der Waals surface area contributed by atoms with Crippen LogP contribution in [0.15, 0.2) is 129 Å². The van der Waals surface area contributed by atoms with Crippen LogP contribution in [-0.2, 0) is 9.59 Å². The van der Waals surface area contributed by atoms with Crippen LogP contribution in [0.3, 0.4) is 0 Å². The van der Waals surface area contributed by atoms with Crippen LogP contribution in [0.1, 0.15) is 21.7 Å². The van der Waals surface area contributed by atoms with Gasteiger partial charge in [0.05, 0.1) is 16.4 Å². The summed E-state index contributed by atoms with van der Waals surface area (Å²) >= 11 is 4.68. The Kier molecular flexibility index (Phi) is 10.7. The lowest BCUT2D eigenvalue weighted by molar-refractivity contribution is -0.384. The number of carbonyl (C=O) groups is 3. The first-order valence-electron chi connectivity index (χ1n) is 14.2. The molecule has 12 heteroatoms. The third-order valence-corrected chi connectivity index (χ3v) is 8.30. The molecule has 3 amide bonds. The zero-order valence-corrected chi connectivity index (χ0v) is 27.3. The van der Waals surface area contributed by atoms with Crippen molar-refractivity contribution in [2.24, 2.45) is 0 Å². The van der Waals surface area contributed by atoms with Crippen LogP contribution < -0.4 is 16.0 Å². The van der Waals surface area contributed by atoms with E-state index in [4.69, 9.17) is 4.42 Å². The van der Waals surface area contributed by atoms with E-state index in [1.165, 1.54) is 30.0 Å². The highest BCUT2D eigenvalue weighted by molar-refractivity contribution is 9.10. The van der Waals surface area contributed by atoms with Crippen molar-refractivity contribution in [3.63, 3.8) is 0 Å². The second-order valence-electron chi connectivity index (χ2n) is 10.2. The smallest absolute Gasteiger partial charge is 0.272 e. The molecule has 0 atom stereocenters. The minimum Gasteiger partial charge on any atom is -0.457 e. The van der Waals surface area contributed by atoms with Gasteiger partial charge in [0.1, 0.15) is 17.2 Å². The summed E-state index contributed by atoms with van der Waals surface area (Å²) in [6, 6.07) is 30.8. The van der Waals surface area contributed by atoms with E-state index in [9.17, 15) is 24.5 Å². The van der Waals surface area contributed by atoms with E-state index in [2.05, 4.69) is 31.9 Å². The average molecular weight is 712 g/mol. The average Bonchev–Trinajstić information content (AvgIpc) is 3.54. The molecule has 0 saturated carbocycles. The Morgan fingerprint density at radius 1 is 0.894 bits per heavy atom. The Morgan fingerprint density at radius 3 is 2.32 bits per heavy atom. The predicted molar refractivity (Wildman–Crippen MR) is 186 cm³/mol. The number of furan rings is 1. The fourth-order valence-corrected chi connectivity index (χ4v) is 5.27. The Morgan fingerprint density at radius 2 is 1.62 bits per heavy atom. The molecule has 4 aromatic carbocycles. The number of halogens is 1. The lowest BCUT2D eigenvalue weighted by Crippen LogP contribution is -2.30. The molecule has 0 radical (unpaired) electrons. The molecule has 0 fully saturated rings. The summed E-state index contributed by atoms with van der Waals surface area (Å²) in [5.41, 5.74) is 2.65. The van der Waals surface area contributed by atoms with Gasteiger partial charge in [-0.15, -0.1) is 11.8 Å². The van der Waals surface area contributed by atoms with Crippen molar-refractivity contribution in [2.45, 2.75) is 11.8 Å². The van der Waals surface area contributed by atoms with Crippen molar-refractivity contribution in [1.82, 2.24) is 5.32 Å². The monoisotopic (exact) mass is 710 g/mol. The number of nitrogens with zero attached hydrogens (tertiary/aromatic N) is 1. The topological polar surface area (TPSA) is 144 Å². The van der Waals surface area contributed by atoms with Crippen molar-refractivity contribution in [2.75, 3.05) is 16.4 Å². The van der Waals surface area contributed by atoms with Crippen LogP contribution in [0.2, 0.25) is 0 Å². The summed E-state index contributed by atoms with van der Waals surface area (Å²) in [4.78, 5) is 50.3. The molecule has 10 nitrogen and oxygen atoms in total. The molecule has 0 saturated heterocycles. The minimum absolute atomic E-state index is 0.0258. The highest BCUT2D eigenvalue weighted by Gasteiger charge is 2.17. The van der Waals surface area contributed by atoms with Gasteiger partial charge in [-0.3, -0.25) is 24.5 Å². The molecule has 1 heterocycles. The van der Waals surface area contributed by atoms with E-state index >= 15 is 0 Å². The Balaban J connectivity index is 1.26. The number of hydrogen-bond donors (Lipinski definition) is 3. The lowest BCUT2D eigenvalue weighted by atomic mass is 10.2. The van der Waals surface area contributed by atoms with Crippen LogP contribution in [0, 0.1) is 17.0 Å². The number of hydrogen-bond acceptors (Lipinski definition) is 7. The van der Waals surface area contributed by atoms with Gasteiger partial charge in [0.2, 0.25) is 5.91 Å². The van der Waals surface area contributed by atoms with Gasteiger partial charge in [-0.2, -0.15) is 0 Å². The molecule has 1 aromatic heterocycles. The highest BCUT2D eigenvalue weighted by atomic mass is 79.9. The molecule has 0 aliphatic heterocycles. The van der Waals surface area contributed by atoms with Crippen molar-refractivity contribution >= 4 is 68.6 Å². The first kappa shape index (κ1) is 32.9. The van der Waals surface area contributed by atoms with Gasteiger partial charge in [0.25, 0.3) is 17.5 Å². The van der Waals surface area contributed by atoms with Crippen LogP contribution in [0.5, 0.6) is 0 Å². The summed E-state index contributed by atoms with van der Waals surface area (Å²) in [7, 11) is 0. The Hall–Kier alpha value is -5.46. The Bertz CT molecular complexity index is 1960. The number of thioether (sulfide) groups is 1. The lowest BCUT2D eigenvalue weighted by Gasteiger charge is -2.11. The van der Waals surface area contributed by atoms with Gasteiger partial charge in [-0.25, -0.2) is 0 Å². The molecule has 0 aliphatic carbocycles. The number of anilines is 2. The number of rotatable bonds is 11. The number of nitro groups is 1. The molecular formula is C35H27BrN4O6S. The maximum atomic E-state index is 13.4. The molecule has 0 bridgehead atoms. The maximum Gasteiger partial charge on any atom is 0.272 e. The summed E-state index contributed by atoms with van der Waals surface area (Å²) in [6.45, 7) is 1.75. The van der Waals surface area contributed by atoms with Crippen molar-refractivity contribution in [3.05, 3.63) is 146 Å². The van der Waals surface area contributed by atoms with E-state index in [1.54, 1.807) is 79.7 Å². The number of amides is 3. The SMILES string of the molecule is Cc1ccc([N+](=O)[O-])cc1NC(=O)CSc1ccc(NC(=O)/C(=C/c2ccc(-c3ccc(Br)cc3)o2)NC(=O)c2ccccc2)cc1. The number of nitrogens with one attached hydrogen (secondary N) is 3. The van der Waals surface area contributed by atoms with Gasteiger partial charge < -0.3 is 20.4 Å². The maximum absolute atomic E-state index is 13.4. The van der Waals surface area contributed by atoms with E-state index in [0.29, 0.717) is 34.0 Å². The first-order chi connectivity index (χ1) is 22.6. The quantitative estimate of drug-likeness (QED) is 0.0544. The molecule has 0 aliphatic rings. The molecule has 47 heavy (non-hydrogen) atoms. The van der Waals surface area contributed by atoms with Crippen molar-refractivity contribution in [3.8, 4) is 11.3 Å². The fraction of sp³-hybridized carbons (Fsp3) is 0.0571. The van der Waals surface area contributed by atoms with Crippen LogP contribution in [-0.4, -0.2) is 28.4 Å². The molecule has 5 aromatic rings. The summed E-state index contributed by atoms with van der Waals surface area (Å²) in [5.74, 6) is -0.315. The van der Waals surface area contributed by atoms with Crippen molar-refractivity contribution in [1.29, 1.82) is 0 Å². The van der Waals surface area contributed by atoms with Gasteiger partial charge >= 0.3 is 0 Å². The van der Waals surface area contributed by atoms with E-state index in [1.807, 2.05) is 24.3 Å². The second-order valence-corrected chi connectivity index (χ2v) is 12.1. The number of aryl methyl sites for hydroxylation is 1. The number of carbonyl (C=O) groups excluding carboxylic acids is 3. The molecular weight excluding hydrogens is 684 g/mol. The molecule has 0 spiro atoms. The molecule has 0 unspecified atom stereocenters.